The van der Waals surface area contributed by atoms with Crippen LogP contribution in [0.1, 0.15) is 29.7 Å². The van der Waals surface area contributed by atoms with Crippen LogP contribution in [0, 0.1) is 23.6 Å². The van der Waals surface area contributed by atoms with Crippen LogP contribution >= 0.6 is 0 Å². The van der Waals surface area contributed by atoms with Gasteiger partial charge in [-0.2, -0.15) is 9.97 Å². The Labute approximate surface area is 279 Å². The first-order valence-electron chi connectivity index (χ1n) is 16.6. The zero-order chi connectivity index (χ0) is 33.3. The van der Waals surface area contributed by atoms with Gasteiger partial charge in [0.1, 0.15) is 17.4 Å². The van der Waals surface area contributed by atoms with Crippen LogP contribution in [-0.2, 0) is 27.2 Å². The number of aromatic nitrogens is 2. The first-order valence-corrected chi connectivity index (χ1v) is 16.6. The molecule has 1 amide bonds. The topological polar surface area (TPSA) is 113 Å². The highest BCUT2D eigenvalue weighted by atomic mass is 19.1. The van der Waals surface area contributed by atoms with E-state index in [0.717, 1.165) is 62.8 Å². The average Bonchev–Trinajstić information content (AvgIpc) is 3.90. The number of fused-ring (bicyclic) bond motifs is 2. The van der Waals surface area contributed by atoms with E-state index in [0.29, 0.717) is 74.9 Å². The summed E-state index contributed by atoms with van der Waals surface area (Å²) in [4.78, 5) is 28.8. The van der Waals surface area contributed by atoms with Crippen molar-refractivity contribution in [1.82, 2.24) is 20.2 Å². The highest BCUT2D eigenvalue weighted by Gasteiger charge is 2.45. The van der Waals surface area contributed by atoms with Gasteiger partial charge in [0.2, 0.25) is 5.91 Å². The van der Waals surface area contributed by atoms with Crippen LogP contribution in [0.5, 0.6) is 11.8 Å². The van der Waals surface area contributed by atoms with Crippen molar-refractivity contribution in [2.24, 2.45) is 5.41 Å². The summed E-state index contributed by atoms with van der Waals surface area (Å²) >= 11 is 0. The molecule has 0 unspecified atom stereocenters. The number of nitrogens with zero attached hydrogens (tertiary/aromatic N) is 5. The van der Waals surface area contributed by atoms with Crippen molar-refractivity contribution in [1.29, 1.82) is 0 Å². The SMILES string of the molecule is C#Cc1c(F)ccc2cc(O)cc(N3CCc4c(nc(OCC5(CN6CCOCC6)CC5)nc4N4CCOC[C@H](NC(=O)C=C)C4)C3)c12. The van der Waals surface area contributed by atoms with Gasteiger partial charge in [-0.15, -0.1) is 6.42 Å². The number of nitrogens with one attached hydrogen (secondary N) is 1. The molecular weight excluding hydrogens is 615 g/mol. The van der Waals surface area contributed by atoms with Crippen LogP contribution in [0.2, 0.25) is 0 Å². The maximum absolute atomic E-state index is 14.9. The summed E-state index contributed by atoms with van der Waals surface area (Å²) in [5.41, 5.74) is 2.63. The van der Waals surface area contributed by atoms with E-state index in [4.69, 9.17) is 30.6 Å². The Morgan fingerprint density at radius 2 is 1.98 bits per heavy atom. The van der Waals surface area contributed by atoms with Crippen molar-refractivity contribution in [3.8, 4) is 24.1 Å². The van der Waals surface area contributed by atoms with E-state index in [9.17, 15) is 14.3 Å². The number of terminal acetylenes is 1. The van der Waals surface area contributed by atoms with Gasteiger partial charge < -0.3 is 34.4 Å². The minimum absolute atomic E-state index is 0.0650. The maximum atomic E-state index is 14.9. The quantitative estimate of drug-likeness (QED) is 0.263. The third-order valence-corrected chi connectivity index (χ3v) is 9.76. The fourth-order valence-corrected chi connectivity index (χ4v) is 7.04. The Morgan fingerprint density at radius 3 is 2.75 bits per heavy atom. The summed E-state index contributed by atoms with van der Waals surface area (Å²) in [5.74, 6) is 2.60. The Morgan fingerprint density at radius 1 is 1.17 bits per heavy atom. The Bertz CT molecular complexity index is 1750. The molecule has 0 spiro atoms. The molecule has 1 saturated carbocycles. The number of anilines is 2. The largest absolute Gasteiger partial charge is 0.508 e. The number of carbonyl (C=O) groups is 1. The number of benzene rings is 2. The van der Waals surface area contributed by atoms with Gasteiger partial charge in [0.15, 0.2) is 0 Å². The molecule has 2 N–H and O–H groups in total. The second-order valence-electron chi connectivity index (χ2n) is 13.2. The summed E-state index contributed by atoms with van der Waals surface area (Å²) in [6.45, 7) is 11.3. The van der Waals surface area contributed by atoms with Gasteiger partial charge in [-0.1, -0.05) is 18.6 Å². The molecule has 1 aromatic heterocycles. The van der Waals surface area contributed by atoms with E-state index in [1.807, 2.05) is 0 Å². The van der Waals surface area contributed by atoms with Crippen molar-refractivity contribution < 1.29 is 28.5 Å². The van der Waals surface area contributed by atoms with Gasteiger partial charge in [-0.25, -0.2) is 4.39 Å². The smallest absolute Gasteiger partial charge is 0.318 e. The van der Waals surface area contributed by atoms with Crippen LogP contribution in [0.4, 0.5) is 15.9 Å². The molecule has 1 atom stereocenters. The van der Waals surface area contributed by atoms with Crippen molar-refractivity contribution in [2.45, 2.75) is 31.8 Å². The van der Waals surface area contributed by atoms with Gasteiger partial charge in [0.25, 0.3) is 0 Å². The number of hydrogen-bond acceptors (Lipinski definition) is 10. The Balaban J connectivity index is 1.22. The molecule has 48 heavy (non-hydrogen) atoms. The summed E-state index contributed by atoms with van der Waals surface area (Å²) in [6.07, 6.45) is 9.80. The number of phenolic OH excluding ortho intramolecular Hbond substituents is 1. The Kier molecular flexibility index (Phi) is 9.09. The van der Waals surface area contributed by atoms with Crippen molar-refractivity contribution >= 4 is 28.2 Å². The number of phenols is 1. The molecule has 2 saturated heterocycles. The highest BCUT2D eigenvalue weighted by Crippen LogP contribution is 2.47. The van der Waals surface area contributed by atoms with E-state index in [-0.39, 0.29) is 28.7 Å². The normalized spacial score (nSPS) is 20.8. The van der Waals surface area contributed by atoms with Crippen LogP contribution < -0.4 is 19.9 Å². The van der Waals surface area contributed by atoms with Gasteiger partial charge in [0.05, 0.1) is 56.9 Å². The standard InChI is InChI=1S/C36H41FN6O5/c1-3-27-29(37)6-5-24-17-26(44)18-31(33(24)27)42-10-7-28-30(20-42)39-35(48-23-36(8-9-36)22-41-11-14-46-15-12-41)40-34(28)43-13-16-47-21-25(19-43)38-32(45)4-2/h1,4-6,17-18,25,44H,2,7-16,19-23H2,(H,38,45)/t25-/m1/s1. The van der Waals surface area contributed by atoms with Crippen LogP contribution in [-0.4, -0.2) is 104 Å². The number of halogens is 1. The average molecular weight is 657 g/mol. The lowest BCUT2D eigenvalue weighted by atomic mass is 9.98. The predicted molar refractivity (Wildman–Crippen MR) is 180 cm³/mol. The van der Waals surface area contributed by atoms with E-state index in [1.54, 1.807) is 18.2 Å². The van der Waals surface area contributed by atoms with Crippen molar-refractivity contribution in [3.05, 3.63) is 59.6 Å². The third kappa shape index (κ3) is 6.76. The molecule has 0 bridgehead atoms. The molecule has 3 aliphatic heterocycles. The highest BCUT2D eigenvalue weighted by molar-refractivity contribution is 6.00. The third-order valence-electron chi connectivity index (χ3n) is 9.76. The molecule has 11 nitrogen and oxygen atoms in total. The number of aromatic hydroxyl groups is 1. The summed E-state index contributed by atoms with van der Waals surface area (Å²) in [5, 5.41) is 14.9. The van der Waals surface area contributed by atoms with Crippen LogP contribution in [0.25, 0.3) is 10.8 Å². The number of rotatable bonds is 9. The van der Waals surface area contributed by atoms with E-state index >= 15 is 0 Å². The Hall–Kier alpha value is -4.44. The molecule has 252 valence electrons. The molecule has 2 aromatic carbocycles. The molecule has 7 rings (SSSR count). The van der Waals surface area contributed by atoms with Gasteiger partial charge >= 0.3 is 6.01 Å². The number of morpholine rings is 1. The summed E-state index contributed by atoms with van der Waals surface area (Å²) < 4.78 is 32.7. The first kappa shape index (κ1) is 32.1. The number of ether oxygens (including phenoxy) is 3. The lowest BCUT2D eigenvalue weighted by Crippen LogP contribution is -2.45. The molecule has 3 aromatic rings. The van der Waals surface area contributed by atoms with E-state index < -0.39 is 5.82 Å². The van der Waals surface area contributed by atoms with E-state index in [2.05, 4.69) is 32.5 Å². The van der Waals surface area contributed by atoms with Crippen LogP contribution in [0.3, 0.4) is 0 Å². The minimum atomic E-state index is -0.484. The summed E-state index contributed by atoms with van der Waals surface area (Å²) in [6, 6.07) is 6.23. The lowest BCUT2D eigenvalue weighted by Gasteiger charge is -2.34. The van der Waals surface area contributed by atoms with Gasteiger partial charge in [0, 0.05) is 67.4 Å². The zero-order valence-corrected chi connectivity index (χ0v) is 27.0. The molecule has 4 heterocycles. The maximum Gasteiger partial charge on any atom is 0.318 e. The van der Waals surface area contributed by atoms with Gasteiger partial charge in [-0.05, 0) is 42.9 Å². The molecule has 3 fully saturated rings. The van der Waals surface area contributed by atoms with Crippen molar-refractivity contribution in [2.75, 3.05) is 82.1 Å². The fraction of sp³-hybridized carbons (Fsp3) is 0.472. The second-order valence-corrected chi connectivity index (χ2v) is 13.2. The predicted octanol–water partition coefficient (Wildman–Crippen LogP) is 3.02. The molecule has 4 aliphatic rings. The number of carbonyl (C=O) groups excluding carboxylic acids is 1. The molecular formula is C36H41FN6O5. The monoisotopic (exact) mass is 656 g/mol. The van der Waals surface area contributed by atoms with Crippen LogP contribution in [0.15, 0.2) is 36.9 Å². The first-order chi connectivity index (χ1) is 23.3. The lowest BCUT2D eigenvalue weighted by molar-refractivity contribution is -0.117. The molecule has 1 aliphatic carbocycles. The van der Waals surface area contributed by atoms with Crippen molar-refractivity contribution in [3.63, 3.8) is 0 Å². The second kappa shape index (κ2) is 13.6. The minimum Gasteiger partial charge on any atom is -0.508 e. The molecule has 12 heteroatoms. The fourth-order valence-electron chi connectivity index (χ4n) is 7.04. The van der Waals surface area contributed by atoms with Gasteiger partial charge in [-0.3, -0.25) is 9.69 Å². The number of amides is 1. The van der Waals surface area contributed by atoms with E-state index in [1.165, 1.54) is 12.1 Å². The zero-order valence-electron chi connectivity index (χ0n) is 27.0. The molecule has 0 radical (unpaired) electrons. The number of hydrogen-bond donors (Lipinski definition) is 2. The summed E-state index contributed by atoms with van der Waals surface area (Å²) in [7, 11) is 0.